The van der Waals surface area contributed by atoms with E-state index in [2.05, 4.69) is 41.4 Å². The third-order valence-corrected chi connectivity index (χ3v) is 3.24. The van der Waals surface area contributed by atoms with Crippen molar-refractivity contribution in [2.75, 3.05) is 27.2 Å². The molecule has 5 nitrogen and oxygen atoms in total. The molecule has 1 aliphatic rings. The first kappa shape index (κ1) is 12.5. The fourth-order valence-electron chi connectivity index (χ4n) is 2.21. The largest absolute Gasteiger partial charge is 0.339 e. The lowest BCUT2D eigenvalue weighted by molar-refractivity contribution is 0.294. The zero-order chi connectivity index (χ0) is 12.3. The summed E-state index contributed by atoms with van der Waals surface area (Å²) in [6.45, 7) is 4.21. The van der Waals surface area contributed by atoms with Gasteiger partial charge in [0.1, 0.15) is 0 Å². The van der Waals surface area contributed by atoms with Gasteiger partial charge >= 0.3 is 0 Å². The van der Waals surface area contributed by atoms with E-state index in [9.17, 15) is 0 Å². The minimum absolute atomic E-state index is 0.437. The van der Waals surface area contributed by atoms with Crippen molar-refractivity contribution >= 4 is 0 Å². The van der Waals surface area contributed by atoms with Gasteiger partial charge in [0.2, 0.25) is 5.89 Å². The Hall–Kier alpha value is -0.940. The lowest BCUT2D eigenvalue weighted by atomic mass is 9.93. The Morgan fingerprint density at radius 2 is 2.29 bits per heavy atom. The molecule has 0 saturated carbocycles. The van der Waals surface area contributed by atoms with Crippen molar-refractivity contribution in [2.45, 2.75) is 38.1 Å². The molecule has 0 aromatic carbocycles. The smallest absolute Gasteiger partial charge is 0.229 e. The first-order chi connectivity index (χ1) is 8.15. The van der Waals surface area contributed by atoms with Crippen LogP contribution in [0.4, 0.5) is 0 Å². The summed E-state index contributed by atoms with van der Waals surface area (Å²) in [6, 6.07) is 0.547. The summed E-state index contributed by atoms with van der Waals surface area (Å²) < 4.78 is 5.38. The quantitative estimate of drug-likeness (QED) is 0.849. The van der Waals surface area contributed by atoms with Crippen LogP contribution >= 0.6 is 0 Å². The molecule has 2 atom stereocenters. The molecule has 0 bridgehead atoms. The maximum atomic E-state index is 5.38. The van der Waals surface area contributed by atoms with E-state index in [1.165, 1.54) is 0 Å². The van der Waals surface area contributed by atoms with E-state index in [-0.39, 0.29) is 0 Å². The van der Waals surface area contributed by atoms with Gasteiger partial charge in [-0.05, 0) is 40.4 Å². The summed E-state index contributed by atoms with van der Waals surface area (Å²) in [6.07, 6.45) is 3.05. The number of hydrogen-bond donors (Lipinski definition) is 1. The van der Waals surface area contributed by atoms with Gasteiger partial charge in [0.15, 0.2) is 5.82 Å². The van der Waals surface area contributed by atoms with Gasteiger partial charge < -0.3 is 14.7 Å². The molecule has 0 amide bonds. The van der Waals surface area contributed by atoms with Gasteiger partial charge in [0.25, 0.3) is 0 Å². The molecule has 2 heterocycles. The number of likely N-dealkylation sites (N-methyl/N-ethyl adjacent to an activating group) is 1. The van der Waals surface area contributed by atoms with Gasteiger partial charge in [-0.25, -0.2) is 0 Å². The van der Waals surface area contributed by atoms with Crippen LogP contribution in [-0.2, 0) is 6.42 Å². The third kappa shape index (κ3) is 3.51. The van der Waals surface area contributed by atoms with Gasteiger partial charge in [-0.2, -0.15) is 4.98 Å². The maximum Gasteiger partial charge on any atom is 0.229 e. The second-order valence-electron chi connectivity index (χ2n) is 5.18. The zero-order valence-electron chi connectivity index (χ0n) is 10.9. The molecule has 5 heteroatoms. The molecule has 1 aromatic rings. The molecule has 96 valence electrons. The summed E-state index contributed by atoms with van der Waals surface area (Å²) in [7, 11) is 4.10. The van der Waals surface area contributed by atoms with E-state index in [1.807, 2.05) is 0 Å². The standard InChI is InChI=1S/C12H22N4O/c1-9-8-10(4-6-13-9)12-14-11(15-17-12)5-7-16(2)3/h9-10,13H,4-8H2,1-3H3. The SMILES string of the molecule is CC1CC(c2nc(CCN(C)C)no2)CCN1. The molecule has 0 spiro atoms. The second-order valence-corrected chi connectivity index (χ2v) is 5.18. The first-order valence-electron chi connectivity index (χ1n) is 6.35. The Kier molecular flexibility index (Phi) is 4.12. The number of hydrogen-bond acceptors (Lipinski definition) is 5. The summed E-state index contributed by atoms with van der Waals surface area (Å²) in [5.41, 5.74) is 0. The van der Waals surface area contributed by atoms with Crippen molar-refractivity contribution in [3.8, 4) is 0 Å². The van der Waals surface area contributed by atoms with Crippen LogP contribution in [0, 0.1) is 0 Å². The molecule has 0 radical (unpaired) electrons. The Morgan fingerprint density at radius 1 is 1.47 bits per heavy atom. The number of rotatable bonds is 4. The molecule has 1 aliphatic heterocycles. The predicted octanol–water partition coefficient (Wildman–Crippen LogP) is 1.03. The molecule has 0 aliphatic carbocycles. The molecule has 1 fully saturated rings. The van der Waals surface area contributed by atoms with Gasteiger partial charge in [-0.15, -0.1) is 0 Å². The van der Waals surface area contributed by atoms with Crippen molar-refractivity contribution in [3.63, 3.8) is 0 Å². The van der Waals surface area contributed by atoms with Gasteiger partial charge in [0.05, 0.1) is 0 Å². The van der Waals surface area contributed by atoms with Crippen LogP contribution in [-0.4, -0.2) is 48.3 Å². The highest BCUT2D eigenvalue weighted by molar-refractivity contribution is 4.98. The summed E-state index contributed by atoms with van der Waals surface area (Å²) in [5.74, 6) is 2.10. The molecule has 1 saturated heterocycles. The lowest BCUT2D eigenvalue weighted by Crippen LogP contribution is -2.34. The monoisotopic (exact) mass is 238 g/mol. The van der Waals surface area contributed by atoms with Crippen molar-refractivity contribution in [1.82, 2.24) is 20.4 Å². The Bertz CT molecular complexity index is 350. The average Bonchev–Trinajstić information content (AvgIpc) is 2.75. The molecular weight excluding hydrogens is 216 g/mol. The van der Waals surface area contributed by atoms with Crippen LogP contribution < -0.4 is 5.32 Å². The first-order valence-corrected chi connectivity index (χ1v) is 6.35. The van der Waals surface area contributed by atoms with E-state index in [4.69, 9.17) is 4.52 Å². The lowest BCUT2D eigenvalue weighted by Gasteiger charge is -2.25. The van der Waals surface area contributed by atoms with Crippen molar-refractivity contribution in [3.05, 3.63) is 11.7 Å². The maximum absolute atomic E-state index is 5.38. The zero-order valence-corrected chi connectivity index (χ0v) is 10.9. The highest BCUT2D eigenvalue weighted by atomic mass is 16.5. The average molecular weight is 238 g/mol. The Balaban J connectivity index is 1.92. The molecule has 1 N–H and O–H groups in total. The highest BCUT2D eigenvalue weighted by Crippen LogP contribution is 2.26. The van der Waals surface area contributed by atoms with Crippen LogP contribution in [0.15, 0.2) is 4.52 Å². The van der Waals surface area contributed by atoms with Gasteiger partial charge in [-0.3, -0.25) is 0 Å². The molecule has 2 unspecified atom stereocenters. The fourth-order valence-corrected chi connectivity index (χ4v) is 2.21. The van der Waals surface area contributed by atoms with E-state index in [0.717, 1.165) is 44.1 Å². The summed E-state index contributed by atoms with van der Waals surface area (Å²) in [4.78, 5) is 6.64. The number of aromatic nitrogens is 2. The van der Waals surface area contributed by atoms with Crippen molar-refractivity contribution in [2.24, 2.45) is 0 Å². The third-order valence-electron chi connectivity index (χ3n) is 3.24. The van der Waals surface area contributed by atoms with Crippen LogP contribution in [0.5, 0.6) is 0 Å². The van der Waals surface area contributed by atoms with E-state index < -0.39 is 0 Å². The van der Waals surface area contributed by atoms with Crippen molar-refractivity contribution in [1.29, 1.82) is 0 Å². The number of piperidine rings is 1. The van der Waals surface area contributed by atoms with E-state index >= 15 is 0 Å². The Labute approximate surface area is 103 Å². The normalized spacial score (nSPS) is 25.4. The van der Waals surface area contributed by atoms with E-state index in [1.54, 1.807) is 0 Å². The van der Waals surface area contributed by atoms with Gasteiger partial charge in [-0.1, -0.05) is 5.16 Å². The van der Waals surface area contributed by atoms with Crippen LogP contribution in [0.3, 0.4) is 0 Å². The fraction of sp³-hybridized carbons (Fsp3) is 0.833. The summed E-state index contributed by atoms with van der Waals surface area (Å²) in [5, 5.41) is 7.49. The molecule has 2 rings (SSSR count). The Morgan fingerprint density at radius 3 is 3.00 bits per heavy atom. The summed E-state index contributed by atoms with van der Waals surface area (Å²) >= 11 is 0. The minimum atomic E-state index is 0.437. The topological polar surface area (TPSA) is 54.2 Å². The minimum Gasteiger partial charge on any atom is -0.339 e. The van der Waals surface area contributed by atoms with Crippen LogP contribution in [0.1, 0.15) is 37.4 Å². The number of nitrogens with zero attached hydrogens (tertiary/aromatic N) is 3. The number of nitrogens with one attached hydrogen (secondary N) is 1. The highest BCUT2D eigenvalue weighted by Gasteiger charge is 2.24. The molecule has 1 aromatic heterocycles. The van der Waals surface area contributed by atoms with Crippen molar-refractivity contribution < 1.29 is 4.52 Å². The van der Waals surface area contributed by atoms with Gasteiger partial charge in [0, 0.05) is 24.9 Å². The second kappa shape index (κ2) is 5.60. The molecular formula is C12H22N4O. The predicted molar refractivity (Wildman–Crippen MR) is 66.0 cm³/mol. The van der Waals surface area contributed by atoms with E-state index in [0.29, 0.717) is 12.0 Å². The molecule has 17 heavy (non-hydrogen) atoms. The van der Waals surface area contributed by atoms with Crippen LogP contribution in [0.25, 0.3) is 0 Å². The van der Waals surface area contributed by atoms with Crippen LogP contribution in [0.2, 0.25) is 0 Å².